The van der Waals surface area contributed by atoms with Crippen molar-refractivity contribution in [2.24, 2.45) is 5.73 Å². The molecule has 6 nitrogen and oxygen atoms in total. The Labute approximate surface area is 123 Å². The normalized spacial score (nSPS) is 11.6. The molecular formula is C14H15N3O3S. The lowest BCUT2D eigenvalue weighted by Gasteiger charge is -2.08. The zero-order chi connectivity index (χ0) is 15.6. The highest BCUT2D eigenvalue weighted by molar-refractivity contribution is 7.92. The largest absolute Gasteiger partial charge is 0.364 e. The lowest BCUT2D eigenvalue weighted by molar-refractivity contribution is 0.0995. The van der Waals surface area contributed by atoms with Crippen LogP contribution in [0.25, 0.3) is 11.3 Å². The van der Waals surface area contributed by atoms with Crippen LogP contribution in [0.5, 0.6) is 0 Å². The Morgan fingerprint density at radius 1 is 1.10 bits per heavy atom. The second-order valence-corrected chi connectivity index (χ2v) is 7.27. The van der Waals surface area contributed by atoms with Crippen molar-refractivity contribution >= 4 is 15.7 Å². The predicted molar refractivity (Wildman–Crippen MR) is 78.3 cm³/mol. The van der Waals surface area contributed by atoms with Gasteiger partial charge in [-0.2, -0.15) is 0 Å². The van der Waals surface area contributed by atoms with Crippen LogP contribution in [0.4, 0.5) is 0 Å². The van der Waals surface area contributed by atoms with Crippen LogP contribution >= 0.6 is 0 Å². The first kappa shape index (κ1) is 15.1. The second kappa shape index (κ2) is 5.61. The molecule has 110 valence electrons. The zero-order valence-corrected chi connectivity index (χ0v) is 12.5. The van der Waals surface area contributed by atoms with E-state index in [0.29, 0.717) is 11.3 Å². The molecule has 0 saturated heterocycles. The van der Waals surface area contributed by atoms with E-state index in [1.54, 1.807) is 26.0 Å². The van der Waals surface area contributed by atoms with Crippen molar-refractivity contribution in [3.05, 3.63) is 42.4 Å². The van der Waals surface area contributed by atoms with Crippen molar-refractivity contribution in [1.82, 2.24) is 9.97 Å². The standard InChI is InChI=1S/C14H15N3O3S/c1-9(2)21(19,20)11-5-3-10(4-6-11)12-7-17-13(8-16-12)14(15)18/h3-9H,1-2H3,(H2,15,18). The van der Waals surface area contributed by atoms with Gasteiger partial charge < -0.3 is 5.73 Å². The van der Waals surface area contributed by atoms with E-state index in [0.717, 1.165) is 0 Å². The third kappa shape index (κ3) is 3.08. The Kier molecular flexibility index (Phi) is 4.04. The van der Waals surface area contributed by atoms with Crippen molar-refractivity contribution in [3.8, 4) is 11.3 Å². The minimum absolute atomic E-state index is 0.0813. The lowest BCUT2D eigenvalue weighted by Crippen LogP contribution is -2.14. The van der Waals surface area contributed by atoms with Gasteiger partial charge in [0.15, 0.2) is 9.84 Å². The van der Waals surface area contributed by atoms with Crippen LogP contribution < -0.4 is 5.73 Å². The molecule has 1 amide bonds. The van der Waals surface area contributed by atoms with E-state index in [9.17, 15) is 13.2 Å². The number of hydrogen-bond donors (Lipinski definition) is 1. The number of hydrogen-bond acceptors (Lipinski definition) is 5. The molecule has 21 heavy (non-hydrogen) atoms. The summed E-state index contributed by atoms with van der Waals surface area (Å²) in [6, 6.07) is 6.38. The molecule has 0 saturated carbocycles. The lowest BCUT2D eigenvalue weighted by atomic mass is 10.2. The summed E-state index contributed by atoms with van der Waals surface area (Å²) >= 11 is 0. The van der Waals surface area contributed by atoms with Crippen molar-refractivity contribution in [1.29, 1.82) is 0 Å². The summed E-state index contributed by atoms with van der Waals surface area (Å²) in [6.45, 7) is 3.27. The van der Waals surface area contributed by atoms with Gasteiger partial charge >= 0.3 is 0 Å². The molecule has 1 heterocycles. The summed E-state index contributed by atoms with van der Waals surface area (Å²) in [7, 11) is -3.29. The molecule has 1 aromatic heterocycles. The Hall–Kier alpha value is -2.28. The minimum atomic E-state index is -3.29. The van der Waals surface area contributed by atoms with Crippen LogP contribution in [0.1, 0.15) is 24.3 Å². The van der Waals surface area contributed by atoms with E-state index in [-0.39, 0.29) is 10.6 Å². The molecule has 0 aliphatic rings. The highest BCUT2D eigenvalue weighted by Crippen LogP contribution is 2.21. The first-order valence-electron chi connectivity index (χ1n) is 6.28. The Bertz CT molecular complexity index is 751. The van der Waals surface area contributed by atoms with Crippen LogP contribution in [0.15, 0.2) is 41.6 Å². The van der Waals surface area contributed by atoms with Crippen molar-refractivity contribution in [2.45, 2.75) is 24.0 Å². The van der Waals surface area contributed by atoms with E-state index >= 15 is 0 Å². The number of aromatic nitrogens is 2. The first-order chi connectivity index (χ1) is 9.82. The van der Waals surface area contributed by atoms with Gasteiger partial charge in [0.2, 0.25) is 0 Å². The fourth-order valence-corrected chi connectivity index (χ4v) is 2.75. The third-order valence-corrected chi connectivity index (χ3v) is 5.17. The maximum absolute atomic E-state index is 12.0. The van der Waals surface area contributed by atoms with Gasteiger partial charge in [0.05, 0.1) is 28.2 Å². The van der Waals surface area contributed by atoms with Crippen LogP contribution in [-0.2, 0) is 9.84 Å². The zero-order valence-electron chi connectivity index (χ0n) is 11.6. The van der Waals surface area contributed by atoms with Crippen molar-refractivity contribution in [2.75, 3.05) is 0 Å². The number of carbonyl (C=O) groups excluding carboxylic acids is 1. The maximum atomic E-state index is 12.0. The fraction of sp³-hybridized carbons (Fsp3) is 0.214. The molecule has 1 aromatic carbocycles. The summed E-state index contributed by atoms with van der Waals surface area (Å²) in [5, 5.41) is -0.474. The number of primary amides is 1. The van der Waals surface area contributed by atoms with Gasteiger partial charge in [-0.3, -0.25) is 9.78 Å². The molecule has 2 rings (SSSR count). The van der Waals surface area contributed by atoms with Gasteiger partial charge in [-0.05, 0) is 26.0 Å². The molecule has 2 aromatic rings. The van der Waals surface area contributed by atoms with E-state index in [1.165, 1.54) is 24.5 Å². The molecule has 0 atom stereocenters. The average Bonchev–Trinajstić information content (AvgIpc) is 2.47. The van der Waals surface area contributed by atoms with Crippen LogP contribution in [0.2, 0.25) is 0 Å². The summed E-state index contributed by atoms with van der Waals surface area (Å²) in [6.07, 6.45) is 2.71. The molecule has 2 N–H and O–H groups in total. The number of nitrogens with two attached hydrogens (primary N) is 1. The molecule has 0 spiro atoms. The van der Waals surface area contributed by atoms with Gasteiger partial charge in [0.1, 0.15) is 5.69 Å². The van der Waals surface area contributed by atoms with Gasteiger partial charge in [-0.25, -0.2) is 13.4 Å². The summed E-state index contributed by atoms with van der Waals surface area (Å²) in [4.78, 5) is 19.2. The first-order valence-corrected chi connectivity index (χ1v) is 7.83. The minimum Gasteiger partial charge on any atom is -0.364 e. The number of amides is 1. The maximum Gasteiger partial charge on any atom is 0.268 e. The molecule has 0 radical (unpaired) electrons. The molecule has 0 fully saturated rings. The van der Waals surface area contributed by atoms with Gasteiger partial charge in [0, 0.05) is 5.56 Å². The highest BCUT2D eigenvalue weighted by Gasteiger charge is 2.18. The fourth-order valence-electron chi connectivity index (χ4n) is 1.69. The summed E-state index contributed by atoms with van der Waals surface area (Å²) in [5.41, 5.74) is 6.42. The number of rotatable bonds is 4. The molecule has 0 aliphatic carbocycles. The third-order valence-electron chi connectivity index (χ3n) is 3.00. The van der Waals surface area contributed by atoms with Crippen LogP contribution in [0, 0.1) is 0 Å². The van der Waals surface area contributed by atoms with Crippen LogP contribution in [-0.4, -0.2) is 29.5 Å². The average molecular weight is 305 g/mol. The number of nitrogens with zero attached hydrogens (tertiary/aromatic N) is 2. The molecule has 0 bridgehead atoms. The Morgan fingerprint density at radius 3 is 2.14 bits per heavy atom. The summed E-state index contributed by atoms with van der Waals surface area (Å²) < 4.78 is 24.0. The topological polar surface area (TPSA) is 103 Å². The monoisotopic (exact) mass is 305 g/mol. The Morgan fingerprint density at radius 2 is 1.71 bits per heavy atom. The smallest absolute Gasteiger partial charge is 0.268 e. The van der Waals surface area contributed by atoms with E-state index < -0.39 is 21.0 Å². The summed E-state index contributed by atoms with van der Waals surface area (Å²) in [5.74, 6) is -0.646. The van der Waals surface area contributed by atoms with E-state index in [1.807, 2.05) is 0 Å². The van der Waals surface area contributed by atoms with Crippen molar-refractivity contribution in [3.63, 3.8) is 0 Å². The second-order valence-electron chi connectivity index (χ2n) is 4.77. The quantitative estimate of drug-likeness (QED) is 0.920. The van der Waals surface area contributed by atoms with Crippen molar-refractivity contribution < 1.29 is 13.2 Å². The highest BCUT2D eigenvalue weighted by atomic mass is 32.2. The number of benzene rings is 1. The van der Waals surface area contributed by atoms with E-state index in [2.05, 4.69) is 9.97 Å². The van der Waals surface area contributed by atoms with Gasteiger partial charge in [0.25, 0.3) is 5.91 Å². The molecule has 0 aliphatic heterocycles. The predicted octanol–water partition coefficient (Wildman–Crippen LogP) is 1.42. The van der Waals surface area contributed by atoms with E-state index in [4.69, 9.17) is 5.73 Å². The van der Waals surface area contributed by atoms with Gasteiger partial charge in [-0.15, -0.1) is 0 Å². The SMILES string of the molecule is CC(C)S(=O)(=O)c1ccc(-c2cnc(C(N)=O)cn2)cc1. The van der Waals surface area contributed by atoms with Crippen LogP contribution in [0.3, 0.4) is 0 Å². The molecule has 7 heteroatoms. The molecular weight excluding hydrogens is 290 g/mol. The number of sulfone groups is 1. The Balaban J connectivity index is 2.33. The van der Waals surface area contributed by atoms with Gasteiger partial charge in [-0.1, -0.05) is 12.1 Å². The number of carbonyl (C=O) groups is 1. The molecule has 0 unspecified atom stereocenters.